The molecule has 0 aliphatic rings. The molecule has 0 aliphatic carbocycles. The van der Waals surface area contributed by atoms with Gasteiger partial charge in [0.15, 0.2) is 0 Å². The summed E-state index contributed by atoms with van der Waals surface area (Å²) in [6.07, 6.45) is 2.14. The molecule has 0 saturated heterocycles. The molecule has 1 N–H and O–H groups in total. The van der Waals surface area contributed by atoms with Crippen molar-refractivity contribution >= 4 is 23.3 Å². The van der Waals surface area contributed by atoms with Gasteiger partial charge in [0.2, 0.25) is 5.91 Å². The van der Waals surface area contributed by atoms with Crippen molar-refractivity contribution in [3.05, 3.63) is 124 Å². The van der Waals surface area contributed by atoms with Crippen LogP contribution in [0.3, 0.4) is 0 Å². The van der Waals surface area contributed by atoms with Crippen LogP contribution in [0.4, 0.5) is 4.79 Å². The van der Waals surface area contributed by atoms with Crippen LogP contribution in [0.1, 0.15) is 27.7 Å². The zero-order valence-electron chi connectivity index (χ0n) is 20.1. The zero-order valence-corrected chi connectivity index (χ0v) is 20.9. The molecular formula is C29H29N3O3S. The van der Waals surface area contributed by atoms with Gasteiger partial charge in [-0.15, -0.1) is 11.3 Å². The summed E-state index contributed by atoms with van der Waals surface area (Å²) in [7, 11) is 1.61. The summed E-state index contributed by atoms with van der Waals surface area (Å²) in [5, 5.41) is 5.87. The Balaban J connectivity index is 1.52. The molecule has 7 heteroatoms. The molecule has 0 radical (unpaired) electrons. The molecule has 4 aromatic rings. The van der Waals surface area contributed by atoms with Gasteiger partial charge >= 0.3 is 6.09 Å². The van der Waals surface area contributed by atoms with E-state index in [-0.39, 0.29) is 18.6 Å². The van der Waals surface area contributed by atoms with Crippen molar-refractivity contribution in [2.24, 2.45) is 0 Å². The quantitative estimate of drug-likeness (QED) is 0.316. The van der Waals surface area contributed by atoms with Gasteiger partial charge in [-0.3, -0.25) is 9.69 Å². The molecule has 1 heterocycles. The maximum Gasteiger partial charge on any atom is 0.410 e. The Morgan fingerprint density at radius 2 is 1.42 bits per heavy atom. The molecule has 0 aliphatic heterocycles. The lowest BCUT2D eigenvalue weighted by Gasteiger charge is -2.28. The van der Waals surface area contributed by atoms with Crippen LogP contribution >= 0.6 is 11.3 Å². The van der Waals surface area contributed by atoms with Crippen LogP contribution < -0.4 is 5.32 Å². The summed E-state index contributed by atoms with van der Waals surface area (Å²) in [5.74, 6) is -0.255. The van der Waals surface area contributed by atoms with Gasteiger partial charge in [0, 0.05) is 25.0 Å². The number of rotatable bonds is 10. The predicted molar refractivity (Wildman–Crippen MR) is 141 cm³/mol. The molecule has 2 atom stereocenters. The third-order valence-corrected chi connectivity index (χ3v) is 6.77. The van der Waals surface area contributed by atoms with Gasteiger partial charge in [-0.05, 0) is 23.1 Å². The van der Waals surface area contributed by atoms with Crippen LogP contribution in [0.5, 0.6) is 0 Å². The van der Waals surface area contributed by atoms with Crippen LogP contribution in [-0.4, -0.2) is 35.0 Å². The molecule has 0 saturated carbocycles. The summed E-state index contributed by atoms with van der Waals surface area (Å²) in [5.41, 5.74) is 2.93. The van der Waals surface area contributed by atoms with Crippen molar-refractivity contribution in [3.8, 4) is 0 Å². The number of ether oxygens (including phenoxy) is 1. The number of carbonyl (C=O) groups excluding carboxylic acids is 2. The van der Waals surface area contributed by atoms with Crippen molar-refractivity contribution in [3.63, 3.8) is 0 Å². The highest BCUT2D eigenvalue weighted by Gasteiger charge is 2.30. The lowest BCUT2D eigenvalue weighted by Crippen LogP contribution is -2.50. The molecule has 1 aromatic heterocycles. The van der Waals surface area contributed by atoms with Gasteiger partial charge in [-0.1, -0.05) is 91.0 Å². The zero-order chi connectivity index (χ0) is 25.2. The largest absolute Gasteiger partial charge is 0.445 e. The number of carbonyl (C=O) groups is 2. The second-order valence-electron chi connectivity index (χ2n) is 8.48. The van der Waals surface area contributed by atoms with E-state index in [0.717, 1.165) is 21.7 Å². The van der Waals surface area contributed by atoms with Gasteiger partial charge in [-0.2, -0.15) is 0 Å². The highest BCUT2D eigenvalue weighted by atomic mass is 32.1. The highest BCUT2D eigenvalue weighted by Crippen LogP contribution is 2.22. The molecule has 0 unspecified atom stereocenters. The maximum atomic E-state index is 13.7. The first kappa shape index (κ1) is 25.1. The number of thiazole rings is 1. The van der Waals surface area contributed by atoms with Crippen LogP contribution in [0, 0.1) is 0 Å². The second kappa shape index (κ2) is 12.7. The van der Waals surface area contributed by atoms with E-state index in [2.05, 4.69) is 10.3 Å². The van der Waals surface area contributed by atoms with Crippen LogP contribution in [-0.2, 0) is 29.0 Å². The molecule has 184 valence electrons. The topological polar surface area (TPSA) is 71.5 Å². The molecule has 36 heavy (non-hydrogen) atoms. The van der Waals surface area contributed by atoms with Crippen LogP contribution in [0.25, 0.3) is 0 Å². The van der Waals surface area contributed by atoms with E-state index in [1.165, 1.54) is 16.2 Å². The number of likely N-dealkylation sites (N-methyl/N-ethyl adjacent to an activating group) is 1. The van der Waals surface area contributed by atoms with Crippen molar-refractivity contribution in [1.29, 1.82) is 0 Å². The lowest BCUT2D eigenvalue weighted by atomic mass is 10.0. The smallest absolute Gasteiger partial charge is 0.410 e. The van der Waals surface area contributed by atoms with E-state index in [0.29, 0.717) is 12.8 Å². The number of hydrogen-bond acceptors (Lipinski definition) is 5. The SMILES string of the molecule is CN(C(=O)OCc1ccccc1)[C@H](Cc1ccccc1)C(=O)N[C@@H](Cc1ccccc1)c1nccs1. The summed E-state index contributed by atoms with van der Waals surface area (Å²) in [4.78, 5) is 32.5. The summed E-state index contributed by atoms with van der Waals surface area (Å²) in [6, 6.07) is 28.1. The number of hydrogen-bond donors (Lipinski definition) is 1. The van der Waals surface area contributed by atoms with Gasteiger partial charge in [0.1, 0.15) is 17.7 Å². The fourth-order valence-corrected chi connectivity index (χ4v) is 4.60. The van der Waals surface area contributed by atoms with Gasteiger partial charge in [0.25, 0.3) is 0 Å². The van der Waals surface area contributed by atoms with Crippen LogP contribution in [0.2, 0.25) is 0 Å². The van der Waals surface area contributed by atoms with E-state index >= 15 is 0 Å². The standard InChI is InChI=1S/C29H29N3O3S/c1-32(29(34)35-21-24-15-9-4-10-16-24)26(20-23-13-7-3-8-14-23)27(33)31-25(28-30-17-18-36-28)19-22-11-5-2-6-12-22/h2-18,25-26H,19-21H2,1H3,(H,31,33)/t25-,26+/m0/s1. The number of amides is 2. The third-order valence-electron chi connectivity index (χ3n) is 5.88. The van der Waals surface area contributed by atoms with E-state index in [1.54, 1.807) is 13.2 Å². The lowest BCUT2D eigenvalue weighted by molar-refractivity contribution is -0.126. The fourth-order valence-electron chi connectivity index (χ4n) is 3.92. The Labute approximate surface area is 215 Å². The van der Waals surface area contributed by atoms with Crippen molar-refractivity contribution in [1.82, 2.24) is 15.2 Å². The van der Waals surface area contributed by atoms with E-state index in [1.807, 2.05) is 96.4 Å². The first-order valence-corrected chi connectivity index (χ1v) is 12.7. The van der Waals surface area contributed by atoms with Crippen molar-refractivity contribution in [2.45, 2.75) is 31.5 Å². The Kier molecular flexibility index (Phi) is 8.83. The maximum absolute atomic E-state index is 13.7. The number of benzene rings is 3. The summed E-state index contributed by atoms with van der Waals surface area (Å²) >= 11 is 1.50. The molecule has 2 amide bonds. The average molecular weight is 500 g/mol. The number of nitrogens with one attached hydrogen (secondary N) is 1. The Morgan fingerprint density at radius 1 is 0.861 bits per heavy atom. The Hall–Kier alpha value is -3.97. The molecule has 6 nitrogen and oxygen atoms in total. The van der Waals surface area contributed by atoms with Crippen molar-refractivity contribution < 1.29 is 14.3 Å². The number of aromatic nitrogens is 1. The molecule has 0 fully saturated rings. The minimum atomic E-state index is -0.756. The van der Waals surface area contributed by atoms with E-state index < -0.39 is 12.1 Å². The average Bonchev–Trinajstić information content (AvgIpc) is 3.46. The minimum Gasteiger partial charge on any atom is -0.445 e. The molecule has 0 spiro atoms. The van der Waals surface area contributed by atoms with Gasteiger partial charge in [-0.25, -0.2) is 9.78 Å². The van der Waals surface area contributed by atoms with Crippen molar-refractivity contribution in [2.75, 3.05) is 7.05 Å². The Bertz CT molecular complexity index is 1220. The first-order valence-electron chi connectivity index (χ1n) is 11.8. The molecule has 3 aromatic carbocycles. The molecular weight excluding hydrogens is 470 g/mol. The molecule has 4 rings (SSSR count). The fraction of sp³-hybridized carbons (Fsp3) is 0.207. The monoisotopic (exact) mass is 499 g/mol. The summed E-state index contributed by atoms with van der Waals surface area (Å²) < 4.78 is 5.53. The first-order chi connectivity index (χ1) is 17.6. The van der Waals surface area contributed by atoms with Crippen LogP contribution in [0.15, 0.2) is 103 Å². The second-order valence-corrected chi connectivity index (χ2v) is 9.40. The summed E-state index contributed by atoms with van der Waals surface area (Å²) in [6.45, 7) is 0.138. The highest BCUT2D eigenvalue weighted by molar-refractivity contribution is 7.09. The minimum absolute atomic E-state index is 0.138. The normalized spacial score (nSPS) is 12.4. The third kappa shape index (κ3) is 7.02. The van der Waals surface area contributed by atoms with Gasteiger partial charge in [0.05, 0.1) is 6.04 Å². The number of nitrogens with zero attached hydrogens (tertiary/aromatic N) is 2. The van der Waals surface area contributed by atoms with Gasteiger partial charge < -0.3 is 10.1 Å². The van der Waals surface area contributed by atoms with E-state index in [4.69, 9.17) is 4.74 Å². The van der Waals surface area contributed by atoms with E-state index in [9.17, 15) is 9.59 Å². The molecule has 0 bridgehead atoms. The Morgan fingerprint density at radius 3 is 1.97 bits per heavy atom. The predicted octanol–water partition coefficient (Wildman–Crippen LogP) is 5.42.